The molecule has 0 saturated carbocycles. The third-order valence-electron chi connectivity index (χ3n) is 7.04. The first-order valence-electron chi connectivity index (χ1n) is 15.8. The molecule has 1 rings (SSSR count). The Hall–Kier alpha value is -2.70. The summed E-state index contributed by atoms with van der Waals surface area (Å²) >= 11 is 0. The average Bonchev–Trinajstić information content (AvgIpc) is 3.07. The number of ether oxygens (including phenoxy) is 4. The Morgan fingerprint density at radius 2 is 0.804 bits per heavy atom. The molecule has 2 amide bonds. The summed E-state index contributed by atoms with van der Waals surface area (Å²) in [5.74, 6) is -0.636. The molecule has 0 aliphatic rings. The van der Waals surface area contributed by atoms with Gasteiger partial charge in [-0.2, -0.15) is 0 Å². The highest BCUT2D eigenvalue weighted by Crippen LogP contribution is 2.27. The predicted octanol–water partition coefficient (Wildman–Crippen LogP) is -0.911. The van der Waals surface area contributed by atoms with Gasteiger partial charge in [0.15, 0.2) is 23.0 Å². The maximum absolute atomic E-state index is 14.3. The fraction of sp³-hybridized carbons (Fsp3) is 0.800. The standard InChI is InChI=1S/C30H56N6O10/c1-43-21-13-34(14-22-44-2)28-26(30(42)36(15-23-45-3)16-24-46-4)31-27(33(9-5-17-37)10-6-18-38)25(32-28)29(41)35(11-7-19-39)12-8-20-40/h37-40H,5-24H2,1-4H3. The van der Waals surface area contributed by atoms with Crippen LogP contribution < -0.4 is 9.80 Å². The van der Waals surface area contributed by atoms with Gasteiger partial charge in [0.1, 0.15) is 0 Å². The van der Waals surface area contributed by atoms with E-state index in [1.807, 2.05) is 0 Å². The van der Waals surface area contributed by atoms with Gasteiger partial charge in [0.25, 0.3) is 11.8 Å². The molecule has 0 spiro atoms. The Balaban J connectivity index is 4.11. The molecule has 0 bridgehead atoms. The molecule has 0 atom stereocenters. The van der Waals surface area contributed by atoms with E-state index in [1.54, 1.807) is 43.1 Å². The molecule has 0 radical (unpaired) electrons. The number of hydrogen-bond acceptors (Lipinski definition) is 14. The molecule has 0 aliphatic heterocycles. The molecule has 0 saturated heterocycles. The summed E-state index contributed by atoms with van der Waals surface area (Å²) in [6, 6.07) is 0. The van der Waals surface area contributed by atoms with Crippen LogP contribution in [0.2, 0.25) is 0 Å². The zero-order valence-electron chi connectivity index (χ0n) is 28.1. The second kappa shape index (κ2) is 25.4. The second-order valence-electron chi connectivity index (χ2n) is 10.4. The summed E-state index contributed by atoms with van der Waals surface area (Å²) in [6.07, 6.45) is 1.30. The molecule has 16 nitrogen and oxygen atoms in total. The highest BCUT2D eigenvalue weighted by molar-refractivity contribution is 6.02. The highest BCUT2D eigenvalue weighted by atomic mass is 16.5. The van der Waals surface area contributed by atoms with Crippen LogP contribution in [0.25, 0.3) is 0 Å². The molecule has 1 aromatic heterocycles. The molecule has 1 heterocycles. The van der Waals surface area contributed by atoms with E-state index in [9.17, 15) is 30.0 Å². The van der Waals surface area contributed by atoms with Gasteiger partial charge in [0.2, 0.25) is 0 Å². The zero-order chi connectivity index (χ0) is 34.2. The fourth-order valence-corrected chi connectivity index (χ4v) is 4.57. The van der Waals surface area contributed by atoms with E-state index in [4.69, 9.17) is 28.9 Å². The van der Waals surface area contributed by atoms with Crippen LogP contribution in [0.1, 0.15) is 46.7 Å². The smallest absolute Gasteiger partial charge is 0.276 e. The normalized spacial score (nSPS) is 11.1. The quantitative estimate of drug-likeness (QED) is 0.0864. The number of aliphatic hydroxyl groups excluding tert-OH is 4. The first-order chi connectivity index (χ1) is 22.4. The van der Waals surface area contributed by atoms with Gasteiger partial charge in [0.05, 0.1) is 26.4 Å². The average molecular weight is 661 g/mol. The molecule has 1 aromatic rings. The maximum atomic E-state index is 14.3. The van der Waals surface area contributed by atoms with E-state index in [2.05, 4.69) is 0 Å². The number of amides is 2. The van der Waals surface area contributed by atoms with E-state index < -0.39 is 11.8 Å². The predicted molar refractivity (Wildman–Crippen MR) is 173 cm³/mol. The number of rotatable bonds is 28. The largest absolute Gasteiger partial charge is 0.396 e. The third kappa shape index (κ3) is 14.0. The Morgan fingerprint density at radius 3 is 1.15 bits per heavy atom. The first kappa shape index (κ1) is 41.3. The lowest BCUT2D eigenvalue weighted by Crippen LogP contribution is -2.42. The van der Waals surface area contributed by atoms with Crippen molar-refractivity contribution in [3.8, 4) is 0 Å². The van der Waals surface area contributed by atoms with Gasteiger partial charge in [-0.05, 0) is 25.7 Å². The minimum absolute atomic E-state index is 0.00113. The number of carbonyl (C=O) groups is 2. The van der Waals surface area contributed by atoms with Gasteiger partial charge >= 0.3 is 0 Å². The number of aromatic nitrogens is 2. The summed E-state index contributed by atoms with van der Waals surface area (Å²) < 4.78 is 21.2. The van der Waals surface area contributed by atoms with Gasteiger partial charge in [-0.25, -0.2) is 9.97 Å². The van der Waals surface area contributed by atoms with Crippen molar-refractivity contribution < 1.29 is 49.0 Å². The van der Waals surface area contributed by atoms with Gasteiger partial charge in [-0.1, -0.05) is 0 Å². The number of methoxy groups -OCH3 is 4. The van der Waals surface area contributed by atoms with Crippen molar-refractivity contribution in [2.24, 2.45) is 0 Å². The van der Waals surface area contributed by atoms with E-state index >= 15 is 0 Å². The molecule has 0 aliphatic carbocycles. The Kier molecular flexibility index (Phi) is 22.8. The number of carbonyl (C=O) groups excluding carboxylic acids is 2. The zero-order valence-corrected chi connectivity index (χ0v) is 28.1. The minimum atomic E-state index is -0.489. The highest BCUT2D eigenvalue weighted by Gasteiger charge is 2.32. The summed E-state index contributed by atoms with van der Waals surface area (Å²) in [5.41, 5.74) is -0.0281. The number of anilines is 2. The molecule has 16 heteroatoms. The lowest BCUT2D eigenvalue weighted by Gasteiger charge is -2.32. The summed E-state index contributed by atoms with van der Waals surface area (Å²) in [7, 11) is 6.20. The molecule has 266 valence electrons. The van der Waals surface area contributed by atoms with Crippen LogP contribution in [0, 0.1) is 0 Å². The van der Waals surface area contributed by atoms with Gasteiger partial charge in [-0.3, -0.25) is 9.59 Å². The molecular formula is C30H56N6O10. The van der Waals surface area contributed by atoms with E-state index in [0.717, 1.165) is 0 Å². The third-order valence-corrected chi connectivity index (χ3v) is 7.04. The number of hydrogen-bond donors (Lipinski definition) is 4. The molecule has 0 unspecified atom stereocenters. The van der Waals surface area contributed by atoms with Crippen molar-refractivity contribution in [2.75, 3.05) is 143 Å². The Labute approximate surface area is 272 Å². The Bertz CT molecular complexity index is 869. The van der Waals surface area contributed by atoms with Crippen molar-refractivity contribution >= 4 is 23.5 Å². The summed E-state index contributed by atoms with van der Waals surface area (Å²) in [4.78, 5) is 44.9. The topological polar surface area (TPSA) is 191 Å². The maximum Gasteiger partial charge on any atom is 0.276 e. The van der Waals surface area contributed by atoms with Crippen molar-refractivity contribution in [2.45, 2.75) is 25.7 Å². The Morgan fingerprint density at radius 1 is 0.500 bits per heavy atom. The van der Waals surface area contributed by atoms with Crippen molar-refractivity contribution in [3.05, 3.63) is 11.4 Å². The van der Waals surface area contributed by atoms with Crippen LogP contribution in [-0.2, 0) is 18.9 Å². The second-order valence-corrected chi connectivity index (χ2v) is 10.4. The monoisotopic (exact) mass is 660 g/mol. The fourth-order valence-electron chi connectivity index (χ4n) is 4.57. The minimum Gasteiger partial charge on any atom is -0.396 e. The lowest BCUT2D eigenvalue weighted by atomic mass is 10.2. The summed E-state index contributed by atoms with van der Waals surface area (Å²) in [6.45, 7) is 2.69. The van der Waals surface area contributed by atoms with Gasteiger partial charge in [0, 0.05) is 107 Å². The van der Waals surface area contributed by atoms with Crippen molar-refractivity contribution in [1.82, 2.24) is 19.8 Å². The number of nitrogens with zero attached hydrogens (tertiary/aromatic N) is 6. The molecule has 0 fully saturated rings. The van der Waals surface area contributed by atoms with Crippen LogP contribution in [0.15, 0.2) is 0 Å². The van der Waals surface area contributed by atoms with Crippen molar-refractivity contribution in [1.29, 1.82) is 0 Å². The first-order valence-corrected chi connectivity index (χ1v) is 15.8. The van der Waals surface area contributed by atoms with Gasteiger partial charge < -0.3 is 59.0 Å². The summed E-state index contributed by atoms with van der Waals surface area (Å²) in [5, 5.41) is 38.4. The van der Waals surface area contributed by atoms with Crippen LogP contribution in [0.4, 0.5) is 11.6 Å². The van der Waals surface area contributed by atoms with Crippen LogP contribution in [0.5, 0.6) is 0 Å². The molecule has 4 N–H and O–H groups in total. The van der Waals surface area contributed by atoms with Crippen molar-refractivity contribution in [3.63, 3.8) is 0 Å². The van der Waals surface area contributed by atoms with Gasteiger partial charge in [-0.15, -0.1) is 0 Å². The van der Waals surface area contributed by atoms with Crippen LogP contribution in [-0.4, -0.2) is 186 Å². The SMILES string of the molecule is COCCN(CCOC)C(=O)c1nc(N(CCCO)CCCO)c(C(=O)N(CCCO)CCCO)nc1N(CCOC)CCOC. The van der Waals surface area contributed by atoms with Crippen LogP contribution >= 0.6 is 0 Å². The van der Waals surface area contributed by atoms with E-state index in [1.165, 1.54) is 4.90 Å². The molecular weight excluding hydrogens is 604 g/mol. The van der Waals surface area contributed by atoms with E-state index in [0.29, 0.717) is 52.0 Å². The number of aliphatic hydroxyl groups is 4. The molecule has 46 heavy (non-hydrogen) atoms. The molecule has 0 aromatic carbocycles. The van der Waals surface area contributed by atoms with Crippen LogP contribution in [0.3, 0.4) is 0 Å². The lowest BCUT2D eigenvalue weighted by molar-refractivity contribution is 0.0620. The van der Waals surface area contributed by atoms with E-state index in [-0.39, 0.29) is 102 Å².